The number of carbonyl (C=O) groups excluding carboxylic acids is 1. The lowest BCUT2D eigenvalue weighted by Gasteiger charge is -2.32. The van der Waals surface area contributed by atoms with E-state index < -0.39 is 0 Å². The molecule has 1 amide bonds. The Bertz CT molecular complexity index is 981. The van der Waals surface area contributed by atoms with Crippen molar-refractivity contribution in [3.05, 3.63) is 59.9 Å². The second kappa shape index (κ2) is 9.40. The van der Waals surface area contributed by atoms with Gasteiger partial charge in [-0.2, -0.15) is 0 Å². The normalized spacial score (nSPS) is 14.8. The maximum Gasteiger partial charge on any atom is 0.253 e. The number of amides is 1. The van der Waals surface area contributed by atoms with Crippen LogP contribution in [0.15, 0.2) is 53.9 Å². The highest BCUT2D eigenvalue weighted by Crippen LogP contribution is 2.26. The molecule has 0 saturated carbocycles. The summed E-state index contributed by atoms with van der Waals surface area (Å²) in [6.07, 6.45) is 3.53. The topological polar surface area (TPSA) is 67.2 Å². The van der Waals surface area contributed by atoms with Crippen molar-refractivity contribution in [1.29, 1.82) is 0 Å². The third-order valence-electron chi connectivity index (χ3n) is 5.33. The van der Waals surface area contributed by atoms with Crippen LogP contribution in [-0.4, -0.2) is 68.7 Å². The highest BCUT2D eigenvalue weighted by molar-refractivity contribution is 7.98. The monoisotopic (exact) mass is 422 g/mol. The molecule has 0 N–H and O–H groups in total. The molecule has 0 bridgehead atoms. The Balaban J connectivity index is 1.40. The summed E-state index contributed by atoms with van der Waals surface area (Å²) in [5.74, 6) is 1.75. The Morgan fingerprint density at radius 2 is 1.70 bits per heavy atom. The van der Waals surface area contributed by atoms with Crippen LogP contribution in [-0.2, 0) is 12.3 Å². The zero-order valence-electron chi connectivity index (χ0n) is 17.4. The molecular weight excluding hydrogens is 396 g/mol. The Labute approximate surface area is 181 Å². The van der Waals surface area contributed by atoms with Gasteiger partial charge >= 0.3 is 0 Å². The third-order valence-corrected chi connectivity index (χ3v) is 6.37. The largest absolute Gasteiger partial charge is 0.336 e. The number of rotatable bonds is 6. The van der Waals surface area contributed by atoms with Gasteiger partial charge in [-0.3, -0.25) is 9.78 Å². The van der Waals surface area contributed by atoms with Gasteiger partial charge in [0, 0.05) is 62.0 Å². The number of piperazine rings is 1. The first kappa shape index (κ1) is 20.6. The summed E-state index contributed by atoms with van der Waals surface area (Å²) in [6.45, 7) is 6.33. The lowest BCUT2D eigenvalue weighted by molar-refractivity contribution is 0.0664. The molecule has 1 saturated heterocycles. The Morgan fingerprint density at radius 1 is 1.00 bits per heavy atom. The average molecular weight is 423 g/mol. The highest BCUT2D eigenvalue weighted by Gasteiger charge is 2.20. The predicted octanol–water partition coefficient (Wildman–Crippen LogP) is 3.04. The summed E-state index contributed by atoms with van der Waals surface area (Å²) >= 11 is 1.66. The van der Waals surface area contributed by atoms with Crippen molar-refractivity contribution in [3.8, 4) is 11.4 Å². The molecule has 0 radical (unpaired) electrons. The summed E-state index contributed by atoms with van der Waals surface area (Å²) in [4.78, 5) is 21.0. The van der Waals surface area contributed by atoms with Crippen molar-refractivity contribution >= 4 is 17.7 Å². The van der Waals surface area contributed by atoms with Crippen LogP contribution in [0.3, 0.4) is 0 Å². The lowest BCUT2D eigenvalue weighted by Crippen LogP contribution is -2.47. The first-order chi connectivity index (χ1) is 14.7. The average Bonchev–Trinajstić information content (AvgIpc) is 3.21. The molecule has 0 aliphatic carbocycles. The van der Waals surface area contributed by atoms with Gasteiger partial charge in [0.15, 0.2) is 11.0 Å². The van der Waals surface area contributed by atoms with Crippen molar-refractivity contribution < 1.29 is 4.79 Å². The molecule has 1 aromatic carbocycles. The molecule has 1 fully saturated rings. The number of carbonyl (C=O) groups is 1. The quantitative estimate of drug-likeness (QED) is 0.569. The first-order valence-corrected chi connectivity index (χ1v) is 11.2. The molecule has 1 aliphatic rings. The van der Waals surface area contributed by atoms with Gasteiger partial charge in [0.25, 0.3) is 5.91 Å². The van der Waals surface area contributed by atoms with Gasteiger partial charge in [0.05, 0.1) is 0 Å². The number of benzene rings is 1. The van der Waals surface area contributed by atoms with Gasteiger partial charge in [-0.1, -0.05) is 23.9 Å². The fourth-order valence-electron chi connectivity index (χ4n) is 3.48. The fourth-order valence-corrected chi connectivity index (χ4v) is 4.44. The zero-order valence-corrected chi connectivity index (χ0v) is 18.2. The van der Waals surface area contributed by atoms with E-state index in [1.165, 1.54) is 0 Å². The fraction of sp³-hybridized carbons (Fsp3) is 0.364. The Morgan fingerprint density at radius 3 is 2.37 bits per heavy atom. The van der Waals surface area contributed by atoms with E-state index >= 15 is 0 Å². The summed E-state index contributed by atoms with van der Waals surface area (Å²) in [7, 11) is 2.09. The van der Waals surface area contributed by atoms with E-state index in [0.29, 0.717) is 0 Å². The van der Waals surface area contributed by atoms with E-state index in [-0.39, 0.29) is 5.91 Å². The minimum absolute atomic E-state index is 0.120. The molecule has 0 unspecified atom stereocenters. The van der Waals surface area contributed by atoms with E-state index in [4.69, 9.17) is 0 Å². The highest BCUT2D eigenvalue weighted by atomic mass is 32.2. The molecule has 2 aromatic heterocycles. The van der Waals surface area contributed by atoms with Crippen LogP contribution in [0.1, 0.15) is 22.8 Å². The molecule has 1 aliphatic heterocycles. The number of hydrogen-bond donors (Lipinski definition) is 0. The van der Waals surface area contributed by atoms with Crippen molar-refractivity contribution in [2.75, 3.05) is 33.2 Å². The SMILES string of the molecule is CCn1c(SCc2ccc(C(=O)N3CCN(C)CC3)cc2)nnc1-c1ccncc1. The summed E-state index contributed by atoms with van der Waals surface area (Å²) < 4.78 is 2.12. The number of pyridine rings is 1. The number of aromatic nitrogens is 4. The summed E-state index contributed by atoms with van der Waals surface area (Å²) in [5.41, 5.74) is 2.93. The molecule has 30 heavy (non-hydrogen) atoms. The number of likely N-dealkylation sites (N-methyl/N-ethyl adjacent to an activating group) is 1. The van der Waals surface area contributed by atoms with Gasteiger partial charge in [0.2, 0.25) is 0 Å². The van der Waals surface area contributed by atoms with Gasteiger partial charge in [-0.15, -0.1) is 10.2 Å². The summed E-state index contributed by atoms with van der Waals surface area (Å²) in [5, 5.41) is 9.65. The van der Waals surface area contributed by atoms with E-state index in [1.807, 2.05) is 41.3 Å². The van der Waals surface area contributed by atoms with E-state index in [9.17, 15) is 4.79 Å². The second-order valence-corrected chi connectivity index (χ2v) is 8.31. The van der Waals surface area contributed by atoms with Crippen LogP contribution in [0.2, 0.25) is 0 Å². The predicted molar refractivity (Wildman–Crippen MR) is 118 cm³/mol. The smallest absolute Gasteiger partial charge is 0.253 e. The van der Waals surface area contributed by atoms with Gasteiger partial charge < -0.3 is 14.4 Å². The van der Waals surface area contributed by atoms with Crippen LogP contribution in [0.4, 0.5) is 0 Å². The molecular formula is C22H26N6OS. The second-order valence-electron chi connectivity index (χ2n) is 7.37. The minimum Gasteiger partial charge on any atom is -0.336 e. The maximum atomic E-state index is 12.7. The van der Waals surface area contributed by atoms with Crippen molar-refractivity contribution in [2.24, 2.45) is 0 Å². The Kier molecular flexibility index (Phi) is 6.44. The van der Waals surface area contributed by atoms with Crippen LogP contribution >= 0.6 is 11.8 Å². The first-order valence-electron chi connectivity index (χ1n) is 10.2. The maximum absolute atomic E-state index is 12.7. The van der Waals surface area contributed by atoms with E-state index in [2.05, 4.69) is 38.6 Å². The number of hydrogen-bond acceptors (Lipinski definition) is 6. The lowest BCUT2D eigenvalue weighted by atomic mass is 10.1. The Hall–Kier alpha value is -2.71. The van der Waals surface area contributed by atoms with Crippen LogP contribution in [0.5, 0.6) is 0 Å². The molecule has 3 aromatic rings. The van der Waals surface area contributed by atoms with Crippen molar-refractivity contribution in [3.63, 3.8) is 0 Å². The molecule has 7 nitrogen and oxygen atoms in total. The van der Waals surface area contributed by atoms with Gasteiger partial charge in [-0.05, 0) is 43.8 Å². The van der Waals surface area contributed by atoms with Crippen molar-refractivity contribution in [2.45, 2.75) is 24.4 Å². The van der Waals surface area contributed by atoms with Crippen LogP contribution in [0, 0.1) is 0 Å². The molecule has 8 heteroatoms. The molecule has 0 spiro atoms. The van der Waals surface area contributed by atoms with E-state index in [0.717, 1.165) is 66.1 Å². The van der Waals surface area contributed by atoms with Crippen LogP contribution in [0.25, 0.3) is 11.4 Å². The molecule has 3 heterocycles. The molecule has 156 valence electrons. The molecule has 0 atom stereocenters. The van der Waals surface area contributed by atoms with Gasteiger partial charge in [0.1, 0.15) is 0 Å². The molecule has 4 rings (SSSR count). The van der Waals surface area contributed by atoms with E-state index in [1.54, 1.807) is 24.2 Å². The standard InChI is InChI=1S/C22H26N6OS/c1-3-28-20(18-8-10-23-11-9-18)24-25-22(28)30-16-17-4-6-19(7-5-17)21(29)27-14-12-26(2)13-15-27/h4-11H,3,12-16H2,1-2H3. The van der Waals surface area contributed by atoms with Crippen LogP contribution < -0.4 is 0 Å². The minimum atomic E-state index is 0.120. The van der Waals surface area contributed by atoms with Crippen molar-refractivity contribution in [1.82, 2.24) is 29.5 Å². The zero-order chi connectivity index (χ0) is 20.9. The third kappa shape index (κ3) is 4.55. The van der Waals surface area contributed by atoms with Gasteiger partial charge in [-0.25, -0.2) is 0 Å². The summed E-state index contributed by atoms with van der Waals surface area (Å²) in [6, 6.07) is 11.8. The number of thioether (sulfide) groups is 1. The number of nitrogens with zero attached hydrogens (tertiary/aromatic N) is 6.